The maximum absolute atomic E-state index is 13.5. The topological polar surface area (TPSA) is 43.4 Å². The molecule has 0 saturated heterocycles. The average molecular weight is 340 g/mol. The van der Waals surface area contributed by atoms with E-state index in [0.29, 0.717) is 0 Å². The first kappa shape index (κ1) is 17.7. The summed E-state index contributed by atoms with van der Waals surface area (Å²) in [5.41, 5.74) is -0.104. The maximum Gasteiger partial charge on any atom is 0.387 e. The SMILES string of the molecule is O=C(C(=O)c1ccc(F)c(CCF)c1)c1ccc(OC(F)F)cc1. The minimum Gasteiger partial charge on any atom is -0.435 e. The fraction of sp³-hybridized carbons (Fsp3) is 0.176. The van der Waals surface area contributed by atoms with E-state index in [-0.39, 0.29) is 28.9 Å². The molecule has 7 heteroatoms. The number of hydrogen-bond acceptors (Lipinski definition) is 3. The van der Waals surface area contributed by atoms with Gasteiger partial charge in [-0.2, -0.15) is 8.78 Å². The molecule has 0 amide bonds. The van der Waals surface area contributed by atoms with Gasteiger partial charge >= 0.3 is 6.61 Å². The lowest BCUT2D eigenvalue weighted by molar-refractivity contribution is -0.0498. The second-order valence-corrected chi connectivity index (χ2v) is 4.81. The van der Waals surface area contributed by atoms with Gasteiger partial charge in [0.25, 0.3) is 0 Å². The lowest BCUT2D eigenvalue weighted by Gasteiger charge is -2.06. The maximum atomic E-state index is 13.5. The second kappa shape index (κ2) is 7.72. The highest BCUT2D eigenvalue weighted by atomic mass is 19.3. The van der Waals surface area contributed by atoms with E-state index in [1.54, 1.807) is 0 Å². The summed E-state index contributed by atoms with van der Waals surface area (Å²) < 4.78 is 54.1. The summed E-state index contributed by atoms with van der Waals surface area (Å²) in [6.07, 6.45) is -0.208. The minimum atomic E-state index is -3.00. The molecule has 2 rings (SSSR count). The number of rotatable bonds is 7. The molecule has 0 unspecified atom stereocenters. The quantitative estimate of drug-likeness (QED) is 0.435. The molecule has 0 fully saturated rings. The van der Waals surface area contributed by atoms with Crippen LogP contribution in [0.1, 0.15) is 26.3 Å². The molecule has 0 saturated carbocycles. The molecule has 2 aromatic rings. The summed E-state index contributed by atoms with van der Waals surface area (Å²) in [7, 11) is 0. The zero-order valence-corrected chi connectivity index (χ0v) is 12.3. The van der Waals surface area contributed by atoms with Gasteiger partial charge < -0.3 is 4.74 Å². The summed E-state index contributed by atoms with van der Waals surface area (Å²) in [5, 5.41) is 0. The normalized spacial score (nSPS) is 10.7. The monoisotopic (exact) mass is 340 g/mol. The van der Waals surface area contributed by atoms with Crippen LogP contribution >= 0.6 is 0 Å². The number of Topliss-reactive ketones (excluding diaryl/α,β-unsaturated/α-hetero) is 2. The van der Waals surface area contributed by atoms with Gasteiger partial charge in [-0.25, -0.2) is 4.39 Å². The molecule has 126 valence electrons. The Labute approximate surface area is 134 Å². The molecule has 0 atom stereocenters. The van der Waals surface area contributed by atoms with Crippen molar-refractivity contribution in [2.24, 2.45) is 0 Å². The van der Waals surface area contributed by atoms with E-state index in [1.807, 2.05) is 0 Å². The smallest absolute Gasteiger partial charge is 0.387 e. The Bertz CT molecular complexity index is 742. The molecular formula is C17H12F4O3. The molecule has 3 nitrogen and oxygen atoms in total. The van der Waals surface area contributed by atoms with Crippen LogP contribution < -0.4 is 4.74 Å². The third-order valence-electron chi connectivity index (χ3n) is 3.22. The van der Waals surface area contributed by atoms with Crippen LogP contribution in [0.25, 0.3) is 0 Å². The van der Waals surface area contributed by atoms with Crippen molar-refractivity contribution >= 4 is 11.6 Å². The number of hydrogen-bond donors (Lipinski definition) is 0. The van der Waals surface area contributed by atoms with Crippen LogP contribution in [0.15, 0.2) is 42.5 Å². The summed E-state index contributed by atoms with van der Waals surface area (Å²) in [4.78, 5) is 24.3. The van der Waals surface area contributed by atoms with Crippen molar-refractivity contribution in [2.45, 2.75) is 13.0 Å². The molecule has 2 aromatic carbocycles. The second-order valence-electron chi connectivity index (χ2n) is 4.81. The first-order valence-corrected chi connectivity index (χ1v) is 6.90. The molecule has 0 aliphatic carbocycles. The first-order chi connectivity index (χ1) is 11.4. The highest BCUT2D eigenvalue weighted by Gasteiger charge is 2.20. The zero-order chi connectivity index (χ0) is 17.7. The van der Waals surface area contributed by atoms with Crippen molar-refractivity contribution in [3.8, 4) is 5.75 Å². The lowest BCUT2D eigenvalue weighted by atomic mass is 9.99. The minimum absolute atomic E-state index is 0.00293. The van der Waals surface area contributed by atoms with Crippen LogP contribution in [0.3, 0.4) is 0 Å². The van der Waals surface area contributed by atoms with Gasteiger partial charge in [-0.15, -0.1) is 0 Å². The van der Waals surface area contributed by atoms with Crippen molar-refractivity contribution in [1.82, 2.24) is 0 Å². The van der Waals surface area contributed by atoms with E-state index < -0.39 is 30.7 Å². The molecule has 0 heterocycles. The fourth-order valence-electron chi connectivity index (χ4n) is 2.06. The molecular weight excluding hydrogens is 328 g/mol. The predicted molar refractivity (Wildman–Crippen MR) is 77.8 cm³/mol. The Hall–Kier alpha value is -2.70. The third-order valence-corrected chi connectivity index (χ3v) is 3.22. The third kappa shape index (κ3) is 4.18. The van der Waals surface area contributed by atoms with E-state index in [1.165, 1.54) is 12.1 Å². The summed E-state index contributed by atoms with van der Waals surface area (Å²) >= 11 is 0. The summed E-state index contributed by atoms with van der Waals surface area (Å²) in [5.74, 6) is -2.61. The van der Waals surface area contributed by atoms with Crippen molar-refractivity contribution in [2.75, 3.05) is 6.67 Å². The largest absolute Gasteiger partial charge is 0.435 e. The van der Waals surface area contributed by atoms with E-state index in [4.69, 9.17) is 0 Å². The van der Waals surface area contributed by atoms with Gasteiger partial charge in [-0.3, -0.25) is 14.0 Å². The van der Waals surface area contributed by atoms with Crippen LogP contribution in [0.4, 0.5) is 17.6 Å². The molecule has 0 aromatic heterocycles. The number of halogens is 4. The lowest BCUT2D eigenvalue weighted by Crippen LogP contribution is -2.15. The molecule has 0 aliphatic heterocycles. The number of ketones is 2. The van der Waals surface area contributed by atoms with Gasteiger partial charge in [0, 0.05) is 17.5 Å². The van der Waals surface area contributed by atoms with Crippen LogP contribution in [-0.4, -0.2) is 24.9 Å². The summed E-state index contributed by atoms with van der Waals surface area (Å²) in [6, 6.07) is 7.85. The molecule has 0 radical (unpaired) electrons. The van der Waals surface area contributed by atoms with Gasteiger partial charge in [0.2, 0.25) is 11.6 Å². The fourth-order valence-corrected chi connectivity index (χ4v) is 2.06. The number of carbonyl (C=O) groups is 2. The van der Waals surface area contributed by atoms with Crippen LogP contribution in [0.5, 0.6) is 5.75 Å². The molecule has 0 N–H and O–H groups in total. The standard InChI is InChI=1S/C17H12F4O3/c18-8-7-11-9-12(3-6-14(11)19)16(23)15(22)10-1-4-13(5-2-10)24-17(20)21/h1-6,9,17H,7-8H2. The van der Waals surface area contributed by atoms with Gasteiger partial charge in [0.15, 0.2) is 0 Å². The average Bonchev–Trinajstić information content (AvgIpc) is 2.56. The van der Waals surface area contributed by atoms with Gasteiger partial charge in [-0.05, 0) is 48.0 Å². The molecule has 24 heavy (non-hydrogen) atoms. The highest BCUT2D eigenvalue weighted by Crippen LogP contribution is 2.18. The number of alkyl halides is 3. The van der Waals surface area contributed by atoms with Gasteiger partial charge in [0.05, 0.1) is 6.67 Å². The zero-order valence-electron chi connectivity index (χ0n) is 12.3. The molecule has 0 aliphatic rings. The van der Waals surface area contributed by atoms with Crippen molar-refractivity contribution in [3.63, 3.8) is 0 Å². The van der Waals surface area contributed by atoms with Crippen LogP contribution in [-0.2, 0) is 6.42 Å². The molecule has 0 spiro atoms. The Morgan fingerprint density at radius 3 is 2.12 bits per heavy atom. The number of carbonyl (C=O) groups excluding carboxylic acids is 2. The van der Waals surface area contributed by atoms with E-state index in [2.05, 4.69) is 4.74 Å². The van der Waals surface area contributed by atoms with Gasteiger partial charge in [-0.1, -0.05) is 0 Å². The van der Waals surface area contributed by atoms with Crippen molar-refractivity contribution in [3.05, 3.63) is 65.0 Å². The van der Waals surface area contributed by atoms with E-state index in [9.17, 15) is 27.2 Å². The van der Waals surface area contributed by atoms with E-state index in [0.717, 1.165) is 30.3 Å². The van der Waals surface area contributed by atoms with E-state index >= 15 is 0 Å². The Morgan fingerprint density at radius 1 is 0.958 bits per heavy atom. The Balaban J connectivity index is 2.20. The van der Waals surface area contributed by atoms with Crippen molar-refractivity contribution < 1.29 is 31.9 Å². The van der Waals surface area contributed by atoms with Crippen LogP contribution in [0, 0.1) is 5.82 Å². The summed E-state index contributed by atoms with van der Waals surface area (Å²) in [6.45, 7) is -3.80. The Morgan fingerprint density at radius 2 is 1.54 bits per heavy atom. The number of aryl methyl sites for hydroxylation is 1. The number of benzene rings is 2. The highest BCUT2D eigenvalue weighted by molar-refractivity contribution is 6.49. The van der Waals surface area contributed by atoms with Crippen molar-refractivity contribution in [1.29, 1.82) is 0 Å². The molecule has 0 bridgehead atoms. The first-order valence-electron chi connectivity index (χ1n) is 6.90. The van der Waals surface area contributed by atoms with Gasteiger partial charge in [0.1, 0.15) is 11.6 Å². The Kier molecular flexibility index (Phi) is 5.68. The predicted octanol–water partition coefficient (Wildman–Crippen LogP) is 4.00. The number of ether oxygens (including phenoxy) is 1. The van der Waals surface area contributed by atoms with Crippen LogP contribution in [0.2, 0.25) is 0 Å².